The minimum atomic E-state index is 0.371. The van der Waals surface area contributed by atoms with Crippen molar-refractivity contribution in [2.24, 2.45) is 17.6 Å². The molecule has 0 radical (unpaired) electrons. The van der Waals surface area contributed by atoms with E-state index in [9.17, 15) is 0 Å². The zero-order chi connectivity index (χ0) is 8.27. The van der Waals surface area contributed by atoms with Gasteiger partial charge in [0.25, 0.3) is 0 Å². The Hall–Kier alpha value is -0.480. The first kappa shape index (κ1) is 8.62. The summed E-state index contributed by atoms with van der Waals surface area (Å²) in [5.41, 5.74) is 5.94. The Morgan fingerprint density at radius 1 is 1.73 bits per heavy atom. The highest BCUT2D eigenvalue weighted by Crippen LogP contribution is 2.43. The lowest BCUT2D eigenvalue weighted by Crippen LogP contribution is -2.22. The van der Waals surface area contributed by atoms with Gasteiger partial charge in [0.1, 0.15) is 0 Å². The van der Waals surface area contributed by atoms with Crippen LogP contribution in [0.4, 0.5) is 0 Å². The van der Waals surface area contributed by atoms with Crippen LogP contribution >= 0.6 is 0 Å². The molecule has 1 heteroatoms. The third-order valence-electron chi connectivity index (χ3n) is 2.67. The summed E-state index contributed by atoms with van der Waals surface area (Å²) < 4.78 is 0. The Morgan fingerprint density at radius 3 is 2.91 bits per heavy atom. The fourth-order valence-corrected chi connectivity index (χ4v) is 1.73. The van der Waals surface area contributed by atoms with Gasteiger partial charge >= 0.3 is 0 Å². The van der Waals surface area contributed by atoms with Gasteiger partial charge in [-0.25, -0.2) is 0 Å². The van der Waals surface area contributed by atoms with Crippen molar-refractivity contribution in [1.82, 2.24) is 0 Å². The van der Waals surface area contributed by atoms with Gasteiger partial charge in [0.15, 0.2) is 0 Å². The molecule has 0 bridgehead atoms. The fraction of sp³-hybridized carbons (Fsp3) is 0.800. The third kappa shape index (κ3) is 2.24. The van der Waals surface area contributed by atoms with Crippen LogP contribution in [0.1, 0.15) is 32.6 Å². The van der Waals surface area contributed by atoms with Crippen LogP contribution in [0.15, 0.2) is 0 Å². The SMILES string of the molecule is C#CCCC(N)[C@@H]1C[C@H]1CC. The molecule has 1 saturated carbocycles. The molecular weight excluding hydrogens is 134 g/mol. The predicted molar refractivity (Wildman–Crippen MR) is 47.9 cm³/mol. The lowest BCUT2D eigenvalue weighted by atomic mass is 10.1. The number of hydrogen-bond donors (Lipinski definition) is 1. The zero-order valence-electron chi connectivity index (χ0n) is 7.22. The fourth-order valence-electron chi connectivity index (χ4n) is 1.73. The van der Waals surface area contributed by atoms with E-state index in [0.717, 1.165) is 24.7 Å². The number of hydrogen-bond acceptors (Lipinski definition) is 1. The molecule has 1 unspecified atom stereocenters. The van der Waals surface area contributed by atoms with E-state index in [0.29, 0.717) is 6.04 Å². The number of rotatable bonds is 4. The third-order valence-corrected chi connectivity index (χ3v) is 2.67. The second-order valence-corrected chi connectivity index (χ2v) is 3.47. The van der Waals surface area contributed by atoms with Crippen LogP contribution in [0.25, 0.3) is 0 Å². The van der Waals surface area contributed by atoms with Crippen LogP contribution in [0, 0.1) is 24.2 Å². The largest absolute Gasteiger partial charge is 0.327 e. The molecule has 0 aromatic carbocycles. The Kier molecular flexibility index (Phi) is 2.96. The molecule has 1 aliphatic rings. The van der Waals surface area contributed by atoms with Crippen molar-refractivity contribution in [1.29, 1.82) is 0 Å². The van der Waals surface area contributed by atoms with Gasteiger partial charge in [-0.15, -0.1) is 12.3 Å². The van der Waals surface area contributed by atoms with Crippen molar-refractivity contribution >= 4 is 0 Å². The Bertz CT molecular complexity index is 157. The Morgan fingerprint density at radius 2 is 2.45 bits per heavy atom. The van der Waals surface area contributed by atoms with Crippen molar-refractivity contribution in [2.45, 2.75) is 38.6 Å². The minimum Gasteiger partial charge on any atom is -0.327 e. The molecule has 0 heterocycles. The van der Waals surface area contributed by atoms with Crippen LogP contribution in [-0.4, -0.2) is 6.04 Å². The predicted octanol–water partition coefficient (Wildman–Crippen LogP) is 1.77. The van der Waals surface area contributed by atoms with E-state index in [2.05, 4.69) is 12.8 Å². The highest BCUT2D eigenvalue weighted by molar-refractivity contribution is 4.95. The van der Waals surface area contributed by atoms with E-state index in [1.165, 1.54) is 12.8 Å². The zero-order valence-corrected chi connectivity index (χ0v) is 7.22. The number of nitrogens with two attached hydrogens (primary N) is 1. The normalized spacial score (nSPS) is 31.0. The van der Waals surface area contributed by atoms with Crippen molar-refractivity contribution < 1.29 is 0 Å². The maximum Gasteiger partial charge on any atom is 0.0101 e. The Balaban J connectivity index is 2.13. The van der Waals surface area contributed by atoms with Gasteiger partial charge in [0.2, 0.25) is 0 Å². The van der Waals surface area contributed by atoms with Gasteiger partial charge < -0.3 is 5.73 Å². The molecule has 11 heavy (non-hydrogen) atoms. The summed E-state index contributed by atoms with van der Waals surface area (Å²) in [6, 6.07) is 0.371. The number of terminal acetylenes is 1. The lowest BCUT2D eigenvalue weighted by molar-refractivity contribution is 0.517. The molecular formula is C10H17N. The summed E-state index contributed by atoms with van der Waals surface area (Å²) in [5.74, 6) is 4.32. The first-order chi connectivity index (χ1) is 5.29. The summed E-state index contributed by atoms with van der Waals surface area (Å²) in [6.07, 6.45) is 9.63. The molecule has 0 aromatic heterocycles. The topological polar surface area (TPSA) is 26.0 Å². The van der Waals surface area contributed by atoms with E-state index >= 15 is 0 Å². The molecule has 0 spiro atoms. The average molecular weight is 151 g/mol. The molecule has 1 aliphatic carbocycles. The first-order valence-electron chi connectivity index (χ1n) is 4.48. The van der Waals surface area contributed by atoms with Gasteiger partial charge in [-0.2, -0.15) is 0 Å². The van der Waals surface area contributed by atoms with E-state index in [-0.39, 0.29) is 0 Å². The van der Waals surface area contributed by atoms with Crippen LogP contribution in [0.5, 0.6) is 0 Å². The van der Waals surface area contributed by atoms with Crippen LogP contribution in [0.2, 0.25) is 0 Å². The van der Waals surface area contributed by atoms with E-state index in [1.807, 2.05) is 0 Å². The summed E-state index contributed by atoms with van der Waals surface area (Å²) in [5, 5.41) is 0. The standard InChI is InChI=1S/C10H17N/c1-3-5-6-10(11)9-7-8(9)4-2/h1,8-10H,4-7,11H2,2H3/t8-,9-,10?/m1/s1. The van der Waals surface area contributed by atoms with Crippen molar-refractivity contribution in [3.05, 3.63) is 0 Å². The first-order valence-corrected chi connectivity index (χ1v) is 4.48. The van der Waals surface area contributed by atoms with E-state index in [1.54, 1.807) is 0 Å². The van der Waals surface area contributed by atoms with Crippen LogP contribution in [-0.2, 0) is 0 Å². The minimum absolute atomic E-state index is 0.371. The van der Waals surface area contributed by atoms with Gasteiger partial charge in [0, 0.05) is 12.5 Å². The maximum absolute atomic E-state index is 5.94. The van der Waals surface area contributed by atoms with Crippen LogP contribution < -0.4 is 5.73 Å². The Labute approximate surface area is 69.4 Å². The molecule has 3 atom stereocenters. The van der Waals surface area contributed by atoms with Crippen molar-refractivity contribution in [3.8, 4) is 12.3 Å². The van der Waals surface area contributed by atoms with Gasteiger partial charge in [-0.05, 0) is 24.7 Å². The molecule has 0 saturated heterocycles. The van der Waals surface area contributed by atoms with Crippen molar-refractivity contribution in [2.75, 3.05) is 0 Å². The lowest BCUT2D eigenvalue weighted by Gasteiger charge is -2.07. The average Bonchev–Trinajstić information content (AvgIpc) is 2.78. The molecule has 0 amide bonds. The van der Waals surface area contributed by atoms with Gasteiger partial charge in [0.05, 0.1) is 0 Å². The van der Waals surface area contributed by atoms with Gasteiger partial charge in [-0.1, -0.05) is 13.3 Å². The maximum atomic E-state index is 5.94. The smallest absolute Gasteiger partial charge is 0.0101 e. The quantitative estimate of drug-likeness (QED) is 0.609. The molecule has 2 N–H and O–H groups in total. The molecule has 1 fully saturated rings. The molecule has 1 nitrogen and oxygen atoms in total. The molecule has 0 aliphatic heterocycles. The summed E-state index contributed by atoms with van der Waals surface area (Å²) >= 11 is 0. The highest BCUT2D eigenvalue weighted by Gasteiger charge is 2.39. The van der Waals surface area contributed by atoms with Crippen molar-refractivity contribution in [3.63, 3.8) is 0 Å². The summed E-state index contributed by atoms with van der Waals surface area (Å²) in [6.45, 7) is 2.23. The summed E-state index contributed by atoms with van der Waals surface area (Å²) in [4.78, 5) is 0. The monoisotopic (exact) mass is 151 g/mol. The van der Waals surface area contributed by atoms with Crippen LogP contribution in [0.3, 0.4) is 0 Å². The van der Waals surface area contributed by atoms with E-state index in [4.69, 9.17) is 12.2 Å². The second-order valence-electron chi connectivity index (χ2n) is 3.47. The molecule has 62 valence electrons. The molecule has 1 rings (SSSR count). The van der Waals surface area contributed by atoms with E-state index < -0.39 is 0 Å². The molecule has 0 aromatic rings. The summed E-state index contributed by atoms with van der Waals surface area (Å²) in [7, 11) is 0. The second kappa shape index (κ2) is 3.78. The highest BCUT2D eigenvalue weighted by atomic mass is 14.7. The van der Waals surface area contributed by atoms with Gasteiger partial charge in [-0.3, -0.25) is 0 Å².